The second kappa shape index (κ2) is 8.75. The number of piperidine rings is 1. The molecule has 1 saturated heterocycles. The molecule has 1 aromatic heterocycles. The molecule has 1 amide bonds. The fourth-order valence-electron chi connectivity index (χ4n) is 3.76. The Bertz CT molecular complexity index is 1130. The molecule has 1 atom stereocenters. The van der Waals surface area contributed by atoms with Gasteiger partial charge in [0.25, 0.3) is 0 Å². The van der Waals surface area contributed by atoms with E-state index in [0.717, 1.165) is 36.1 Å². The van der Waals surface area contributed by atoms with Crippen LogP contribution < -0.4 is 0 Å². The number of aromatic amines is 1. The Hall–Kier alpha value is -3.72. The number of hydrogen-bond donors (Lipinski definition) is 1. The summed E-state index contributed by atoms with van der Waals surface area (Å²) in [7, 11) is 0. The van der Waals surface area contributed by atoms with Gasteiger partial charge in [0.05, 0.1) is 29.6 Å². The molecule has 0 bridgehead atoms. The predicted molar refractivity (Wildman–Crippen MR) is 112 cm³/mol. The fraction of sp³-hybridized carbons (Fsp3) is 0.208. The van der Waals surface area contributed by atoms with Crippen LogP contribution in [0.15, 0.2) is 60.8 Å². The predicted octanol–water partition coefficient (Wildman–Crippen LogP) is 4.85. The zero-order valence-corrected chi connectivity index (χ0v) is 16.4. The molecule has 3 aromatic rings. The van der Waals surface area contributed by atoms with Gasteiger partial charge in [0, 0.05) is 18.2 Å². The molecule has 6 heteroatoms. The standard InChI is InChI=1S/C24H21FN4O/c25-20-8-4-7-19(14-20)21-16-27-24(28-21)22-9-1-2-12-29(22)23(30)11-10-17-5-3-6-18(13-17)15-26/h3-8,10-11,13-14,16,22H,1-2,9,12H2,(H,27,28). The summed E-state index contributed by atoms with van der Waals surface area (Å²) in [4.78, 5) is 22.5. The smallest absolute Gasteiger partial charge is 0.247 e. The maximum atomic E-state index is 13.5. The van der Waals surface area contributed by atoms with Crippen LogP contribution in [0.5, 0.6) is 0 Å². The summed E-state index contributed by atoms with van der Waals surface area (Å²) < 4.78 is 13.5. The largest absolute Gasteiger partial charge is 0.340 e. The zero-order valence-electron chi connectivity index (χ0n) is 16.4. The first-order chi connectivity index (χ1) is 14.6. The van der Waals surface area contributed by atoms with E-state index in [1.165, 1.54) is 12.1 Å². The van der Waals surface area contributed by atoms with Crippen LogP contribution in [0, 0.1) is 17.1 Å². The van der Waals surface area contributed by atoms with E-state index in [9.17, 15) is 9.18 Å². The Balaban J connectivity index is 1.54. The molecular formula is C24H21FN4O. The molecule has 1 N–H and O–H groups in total. The summed E-state index contributed by atoms with van der Waals surface area (Å²) >= 11 is 0. The van der Waals surface area contributed by atoms with Crippen molar-refractivity contribution >= 4 is 12.0 Å². The molecule has 2 aromatic carbocycles. The maximum Gasteiger partial charge on any atom is 0.247 e. The van der Waals surface area contributed by atoms with Crippen LogP contribution in [0.25, 0.3) is 17.3 Å². The summed E-state index contributed by atoms with van der Waals surface area (Å²) in [6, 6.07) is 15.4. The molecule has 2 heterocycles. The van der Waals surface area contributed by atoms with Gasteiger partial charge >= 0.3 is 0 Å². The number of nitrogens with zero attached hydrogens (tertiary/aromatic N) is 3. The van der Waals surface area contributed by atoms with Crippen LogP contribution in [0.4, 0.5) is 4.39 Å². The number of imidazole rings is 1. The number of likely N-dealkylation sites (tertiary alicyclic amines) is 1. The lowest BCUT2D eigenvalue weighted by molar-refractivity contribution is -0.129. The van der Waals surface area contributed by atoms with Crippen molar-refractivity contribution in [2.24, 2.45) is 0 Å². The van der Waals surface area contributed by atoms with Crippen LogP contribution in [0.2, 0.25) is 0 Å². The van der Waals surface area contributed by atoms with E-state index in [4.69, 9.17) is 5.26 Å². The first-order valence-corrected chi connectivity index (χ1v) is 9.94. The number of aromatic nitrogens is 2. The number of amides is 1. The maximum absolute atomic E-state index is 13.5. The van der Waals surface area contributed by atoms with Crippen molar-refractivity contribution in [2.75, 3.05) is 6.54 Å². The van der Waals surface area contributed by atoms with Crippen LogP contribution in [-0.4, -0.2) is 27.3 Å². The van der Waals surface area contributed by atoms with Crippen molar-refractivity contribution in [3.63, 3.8) is 0 Å². The number of rotatable bonds is 4. The minimum atomic E-state index is -0.302. The first kappa shape index (κ1) is 19.6. The Morgan fingerprint density at radius 2 is 2.10 bits per heavy atom. The van der Waals surface area contributed by atoms with Gasteiger partial charge in [-0.1, -0.05) is 24.3 Å². The monoisotopic (exact) mass is 400 g/mol. The summed E-state index contributed by atoms with van der Waals surface area (Å²) in [6.07, 6.45) is 7.74. The third kappa shape index (κ3) is 4.31. The van der Waals surface area contributed by atoms with Gasteiger partial charge in [-0.05, 0) is 55.2 Å². The zero-order chi connectivity index (χ0) is 20.9. The Kier molecular flexibility index (Phi) is 5.71. The molecule has 0 spiro atoms. The SMILES string of the molecule is N#Cc1cccc(C=CC(=O)N2CCCCC2c2ncc(-c3cccc(F)c3)[nH]2)c1. The van der Waals surface area contributed by atoms with E-state index in [-0.39, 0.29) is 17.8 Å². The number of carbonyl (C=O) groups is 1. The second-order valence-electron chi connectivity index (χ2n) is 7.31. The van der Waals surface area contributed by atoms with Crippen LogP contribution in [0.1, 0.15) is 42.3 Å². The second-order valence-corrected chi connectivity index (χ2v) is 7.31. The highest BCUT2D eigenvalue weighted by Gasteiger charge is 2.29. The normalized spacial score (nSPS) is 16.5. The van der Waals surface area contributed by atoms with Gasteiger partial charge in [0.2, 0.25) is 5.91 Å². The number of nitriles is 1. The van der Waals surface area contributed by atoms with E-state index in [1.807, 2.05) is 17.0 Å². The van der Waals surface area contributed by atoms with Gasteiger partial charge in [0.15, 0.2) is 0 Å². The summed E-state index contributed by atoms with van der Waals surface area (Å²) in [5.74, 6) is 0.316. The van der Waals surface area contributed by atoms with E-state index in [0.29, 0.717) is 17.9 Å². The topological polar surface area (TPSA) is 72.8 Å². The molecule has 30 heavy (non-hydrogen) atoms. The molecule has 0 aliphatic carbocycles. The highest BCUT2D eigenvalue weighted by Crippen LogP contribution is 2.31. The van der Waals surface area contributed by atoms with Gasteiger partial charge in [-0.25, -0.2) is 9.37 Å². The van der Waals surface area contributed by atoms with Crippen molar-refractivity contribution in [2.45, 2.75) is 25.3 Å². The molecule has 4 rings (SSSR count). The van der Waals surface area contributed by atoms with Crippen molar-refractivity contribution < 1.29 is 9.18 Å². The molecule has 5 nitrogen and oxygen atoms in total. The summed E-state index contributed by atoms with van der Waals surface area (Å²) in [5, 5.41) is 9.02. The number of benzene rings is 2. The molecule has 1 aliphatic rings. The summed E-state index contributed by atoms with van der Waals surface area (Å²) in [5.41, 5.74) is 2.81. The third-order valence-corrected chi connectivity index (χ3v) is 5.27. The van der Waals surface area contributed by atoms with Gasteiger partial charge in [-0.15, -0.1) is 0 Å². The highest BCUT2D eigenvalue weighted by molar-refractivity contribution is 5.92. The van der Waals surface area contributed by atoms with Gasteiger partial charge in [-0.3, -0.25) is 4.79 Å². The van der Waals surface area contributed by atoms with Gasteiger partial charge in [-0.2, -0.15) is 5.26 Å². The number of nitrogens with one attached hydrogen (secondary N) is 1. The lowest BCUT2D eigenvalue weighted by Gasteiger charge is -2.33. The quantitative estimate of drug-likeness (QED) is 0.636. The van der Waals surface area contributed by atoms with Crippen molar-refractivity contribution in [1.29, 1.82) is 5.26 Å². The molecule has 150 valence electrons. The Morgan fingerprint density at radius 1 is 1.23 bits per heavy atom. The van der Waals surface area contributed by atoms with Crippen molar-refractivity contribution in [3.8, 4) is 17.3 Å². The Morgan fingerprint density at radius 3 is 2.93 bits per heavy atom. The Labute approximate surface area is 174 Å². The number of carbonyl (C=O) groups excluding carboxylic acids is 1. The van der Waals surface area contributed by atoms with Crippen LogP contribution in [0.3, 0.4) is 0 Å². The van der Waals surface area contributed by atoms with Crippen molar-refractivity contribution in [1.82, 2.24) is 14.9 Å². The molecule has 1 fully saturated rings. The van der Waals surface area contributed by atoms with Crippen LogP contribution >= 0.6 is 0 Å². The minimum Gasteiger partial charge on any atom is -0.340 e. The van der Waals surface area contributed by atoms with Gasteiger partial charge < -0.3 is 9.88 Å². The molecule has 1 aliphatic heterocycles. The molecule has 0 saturated carbocycles. The van der Waals surface area contributed by atoms with Crippen molar-refractivity contribution in [3.05, 3.63) is 83.6 Å². The lowest BCUT2D eigenvalue weighted by atomic mass is 10.0. The van der Waals surface area contributed by atoms with E-state index in [1.54, 1.807) is 42.6 Å². The number of hydrogen-bond acceptors (Lipinski definition) is 3. The molecule has 0 radical (unpaired) electrons. The van der Waals surface area contributed by atoms with E-state index < -0.39 is 0 Å². The highest BCUT2D eigenvalue weighted by atomic mass is 19.1. The van der Waals surface area contributed by atoms with Crippen LogP contribution in [-0.2, 0) is 4.79 Å². The number of halogens is 1. The van der Waals surface area contributed by atoms with E-state index >= 15 is 0 Å². The van der Waals surface area contributed by atoms with Gasteiger partial charge in [0.1, 0.15) is 11.6 Å². The van der Waals surface area contributed by atoms with E-state index in [2.05, 4.69) is 16.0 Å². The average molecular weight is 400 g/mol. The average Bonchev–Trinajstić information content (AvgIpc) is 3.28. The molecular weight excluding hydrogens is 379 g/mol. The fourth-order valence-corrected chi connectivity index (χ4v) is 3.76. The first-order valence-electron chi connectivity index (χ1n) is 9.94. The number of H-pyrrole nitrogens is 1. The third-order valence-electron chi connectivity index (χ3n) is 5.27. The lowest BCUT2D eigenvalue weighted by Crippen LogP contribution is -2.38. The summed E-state index contributed by atoms with van der Waals surface area (Å²) in [6.45, 7) is 0.655. The molecule has 1 unspecified atom stereocenters. The minimum absolute atomic E-state index is 0.0919.